The molecule has 0 aliphatic carbocycles. The lowest BCUT2D eigenvalue weighted by Crippen LogP contribution is -2.13. The molecule has 0 bridgehead atoms. The van der Waals surface area contributed by atoms with Crippen molar-refractivity contribution in [2.75, 3.05) is 24.2 Å². The van der Waals surface area contributed by atoms with E-state index < -0.39 is 5.97 Å². The maximum absolute atomic E-state index is 12.0. The van der Waals surface area contributed by atoms with E-state index in [4.69, 9.17) is 22.1 Å². The van der Waals surface area contributed by atoms with Crippen molar-refractivity contribution >= 4 is 40.3 Å². The summed E-state index contributed by atoms with van der Waals surface area (Å²) in [6.45, 7) is 2.74. The Kier molecular flexibility index (Phi) is 5.47. The number of anilines is 2. The first kappa shape index (κ1) is 15.7. The van der Waals surface area contributed by atoms with Crippen LogP contribution in [0.5, 0.6) is 0 Å². The molecule has 112 valence electrons. The lowest BCUT2D eigenvalue weighted by Gasteiger charge is -2.14. The fraction of sp³-hybridized carbons (Fsp3) is 0.267. The maximum atomic E-state index is 12.0. The van der Waals surface area contributed by atoms with Crippen LogP contribution in [0.15, 0.2) is 29.0 Å². The Balaban J connectivity index is 2.14. The number of nitrogens with two attached hydrogens (primary N) is 1. The molecule has 0 fully saturated rings. The molecule has 4 nitrogen and oxygen atoms in total. The largest absolute Gasteiger partial charge is 0.462 e. The zero-order chi connectivity index (χ0) is 15.2. The fourth-order valence-corrected chi connectivity index (χ4v) is 2.94. The van der Waals surface area contributed by atoms with Gasteiger partial charge >= 0.3 is 5.97 Å². The lowest BCUT2D eigenvalue weighted by atomic mass is 10.1. The first-order chi connectivity index (χ1) is 10.1. The summed E-state index contributed by atoms with van der Waals surface area (Å²) in [5, 5.41) is 7.76. The second-order valence-electron chi connectivity index (χ2n) is 4.45. The van der Waals surface area contributed by atoms with Crippen LogP contribution in [0, 0.1) is 0 Å². The summed E-state index contributed by atoms with van der Waals surface area (Å²) in [6.07, 6.45) is 0.854. The molecule has 1 aromatic carbocycles. The van der Waals surface area contributed by atoms with E-state index in [0.717, 1.165) is 6.42 Å². The zero-order valence-corrected chi connectivity index (χ0v) is 13.3. The summed E-state index contributed by atoms with van der Waals surface area (Å²) in [7, 11) is 0. The number of thiophene rings is 1. The molecule has 2 rings (SSSR count). The van der Waals surface area contributed by atoms with Crippen LogP contribution in [0.4, 0.5) is 11.4 Å². The van der Waals surface area contributed by atoms with Crippen molar-refractivity contribution in [3.63, 3.8) is 0 Å². The van der Waals surface area contributed by atoms with Crippen LogP contribution in [0.3, 0.4) is 0 Å². The molecule has 2 aromatic rings. The van der Waals surface area contributed by atoms with E-state index in [1.165, 1.54) is 5.56 Å². The van der Waals surface area contributed by atoms with E-state index in [9.17, 15) is 4.79 Å². The summed E-state index contributed by atoms with van der Waals surface area (Å²) < 4.78 is 5.04. The number of hydrogen-bond donors (Lipinski definition) is 2. The molecule has 0 amide bonds. The fourth-order valence-electron chi connectivity index (χ4n) is 1.94. The van der Waals surface area contributed by atoms with Gasteiger partial charge in [0.15, 0.2) is 0 Å². The Bertz CT molecular complexity index is 614. The van der Waals surface area contributed by atoms with E-state index >= 15 is 0 Å². The molecule has 1 heterocycles. The Hall–Kier alpha value is -1.72. The molecular formula is C15H17ClN2O2S. The Morgan fingerprint density at radius 3 is 2.95 bits per heavy atom. The molecule has 0 saturated heterocycles. The quantitative estimate of drug-likeness (QED) is 0.626. The number of carbonyl (C=O) groups excluding carboxylic acids is 1. The van der Waals surface area contributed by atoms with Gasteiger partial charge in [0.05, 0.1) is 22.9 Å². The SMILES string of the molecule is CCOC(=O)c1cc(N)cc(Cl)c1NCCc1ccsc1. The molecule has 6 heteroatoms. The third-order valence-electron chi connectivity index (χ3n) is 2.90. The second-order valence-corrected chi connectivity index (χ2v) is 5.64. The average molecular weight is 325 g/mol. The standard InChI is InChI=1S/C15H17ClN2O2S/c1-2-20-15(19)12-7-11(17)8-13(16)14(12)18-5-3-10-4-6-21-9-10/h4,6-9,18H,2-3,5,17H2,1H3. The number of nitrogens with one attached hydrogen (secondary N) is 1. The Morgan fingerprint density at radius 1 is 1.48 bits per heavy atom. The molecule has 3 N–H and O–H groups in total. The summed E-state index contributed by atoms with van der Waals surface area (Å²) in [4.78, 5) is 12.0. The van der Waals surface area contributed by atoms with E-state index in [2.05, 4.69) is 16.8 Å². The first-order valence-electron chi connectivity index (χ1n) is 6.63. The van der Waals surface area contributed by atoms with Crippen molar-refractivity contribution in [2.45, 2.75) is 13.3 Å². The van der Waals surface area contributed by atoms with Gasteiger partial charge < -0.3 is 15.8 Å². The van der Waals surface area contributed by atoms with Crippen molar-refractivity contribution in [1.29, 1.82) is 0 Å². The molecular weight excluding hydrogens is 308 g/mol. The van der Waals surface area contributed by atoms with E-state index in [0.29, 0.717) is 35.1 Å². The van der Waals surface area contributed by atoms with Crippen LogP contribution in [-0.4, -0.2) is 19.1 Å². The average Bonchev–Trinajstić information content (AvgIpc) is 2.94. The molecule has 21 heavy (non-hydrogen) atoms. The summed E-state index contributed by atoms with van der Waals surface area (Å²) in [5.41, 5.74) is 8.37. The third kappa shape index (κ3) is 4.12. The number of halogens is 1. The van der Waals surface area contributed by atoms with Crippen molar-refractivity contribution < 1.29 is 9.53 Å². The molecule has 0 spiro atoms. The zero-order valence-electron chi connectivity index (χ0n) is 11.7. The number of carbonyl (C=O) groups is 1. The molecule has 0 radical (unpaired) electrons. The number of benzene rings is 1. The van der Waals surface area contributed by atoms with Gasteiger partial charge in [0.25, 0.3) is 0 Å². The highest BCUT2D eigenvalue weighted by molar-refractivity contribution is 7.07. The van der Waals surface area contributed by atoms with Gasteiger partial charge in [-0.3, -0.25) is 0 Å². The van der Waals surface area contributed by atoms with E-state index in [1.54, 1.807) is 30.4 Å². The molecule has 0 unspecified atom stereocenters. The maximum Gasteiger partial charge on any atom is 0.340 e. The number of nitrogen functional groups attached to an aromatic ring is 1. The number of hydrogen-bond acceptors (Lipinski definition) is 5. The van der Waals surface area contributed by atoms with Gasteiger partial charge in [0, 0.05) is 12.2 Å². The van der Waals surface area contributed by atoms with Gasteiger partial charge in [-0.25, -0.2) is 4.79 Å². The van der Waals surface area contributed by atoms with Crippen molar-refractivity contribution in [1.82, 2.24) is 0 Å². The summed E-state index contributed by atoms with van der Waals surface area (Å²) in [5.74, 6) is -0.426. The minimum atomic E-state index is -0.426. The number of ether oxygens (including phenoxy) is 1. The van der Waals surface area contributed by atoms with Crippen LogP contribution in [0.25, 0.3) is 0 Å². The summed E-state index contributed by atoms with van der Waals surface area (Å²) >= 11 is 7.85. The molecule has 0 atom stereocenters. The van der Waals surface area contributed by atoms with Gasteiger partial charge in [-0.05, 0) is 47.9 Å². The highest BCUT2D eigenvalue weighted by Gasteiger charge is 2.16. The molecule has 0 aliphatic rings. The van der Waals surface area contributed by atoms with E-state index in [1.807, 2.05) is 5.38 Å². The van der Waals surface area contributed by atoms with Gasteiger partial charge in [0.2, 0.25) is 0 Å². The normalized spacial score (nSPS) is 10.4. The molecule has 0 saturated carbocycles. The first-order valence-corrected chi connectivity index (χ1v) is 7.95. The monoisotopic (exact) mass is 324 g/mol. The van der Waals surface area contributed by atoms with E-state index in [-0.39, 0.29) is 0 Å². The van der Waals surface area contributed by atoms with Gasteiger partial charge in [-0.1, -0.05) is 11.6 Å². The van der Waals surface area contributed by atoms with Gasteiger partial charge in [-0.2, -0.15) is 11.3 Å². The lowest BCUT2D eigenvalue weighted by molar-refractivity contribution is 0.0527. The predicted molar refractivity (Wildman–Crippen MR) is 88.3 cm³/mol. The smallest absolute Gasteiger partial charge is 0.340 e. The van der Waals surface area contributed by atoms with Gasteiger partial charge in [0.1, 0.15) is 0 Å². The van der Waals surface area contributed by atoms with Crippen LogP contribution >= 0.6 is 22.9 Å². The van der Waals surface area contributed by atoms with Crippen molar-refractivity contribution in [3.8, 4) is 0 Å². The minimum Gasteiger partial charge on any atom is -0.462 e. The highest BCUT2D eigenvalue weighted by Crippen LogP contribution is 2.30. The highest BCUT2D eigenvalue weighted by atomic mass is 35.5. The number of rotatable bonds is 6. The van der Waals surface area contributed by atoms with Crippen LogP contribution in [-0.2, 0) is 11.2 Å². The van der Waals surface area contributed by atoms with Crippen molar-refractivity contribution in [3.05, 3.63) is 45.1 Å². The summed E-state index contributed by atoms with van der Waals surface area (Å²) in [6, 6.07) is 5.27. The predicted octanol–water partition coefficient (Wildman–Crippen LogP) is 3.82. The van der Waals surface area contributed by atoms with Crippen molar-refractivity contribution in [2.24, 2.45) is 0 Å². The minimum absolute atomic E-state index is 0.305. The topological polar surface area (TPSA) is 64.3 Å². The number of esters is 1. The Labute approximate surface area is 132 Å². The van der Waals surface area contributed by atoms with Crippen LogP contribution < -0.4 is 11.1 Å². The van der Waals surface area contributed by atoms with Crippen LogP contribution in [0.1, 0.15) is 22.8 Å². The third-order valence-corrected chi connectivity index (χ3v) is 3.93. The molecule has 1 aromatic heterocycles. The second kappa shape index (κ2) is 7.33. The Morgan fingerprint density at radius 2 is 2.29 bits per heavy atom. The van der Waals surface area contributed by atoms with Crippen LogP contribution in [0.2, 0.25) is 5.02 Å². The molecule has 0 aliphatic heterocycles. The van der Waals surface area contributed by atoms with Gasteiger partial charge in [-0.15, -0.1) is 0 Å².